The van der Waals surface area contributed by atoms with Crippen molar-refractivity contribution in [2.75, 3.05) is 26.1 Å². The van der Waals surface area contributed by atoms with Gasteiger partial charge in [-0.1, -0.05) is 12.1 Å². The lowest BCUT2D eigenvalue weighted by molar-refractivity contribution is -0.140. The van der Waals surface area contributed by atoms with Gasteiger partial charge >= 0.3 is 6.18 Å². The normalized spacial score (nSPS) is 12.2. The van der Waals surface area contributed by atoms with Crippen molar-refractivity contribution in [1.29, 1.82) is 0 Å². The minimum Gasteiger partial charge on any atom is -0.383 e. The maximum absolute atomic E-state index is 13.0. The molecule has 0 saturated carbocycles. The van der Waals surface area contributed by atoms with E-state index in [1.54, 1.807) is 38.1 Å². The van der Waals surface area contributed by atoms with Crippen molar-refractivity contribution in [2.45, 2.75) is 33.1 Å². The molecule has 0 radical (unpaired) electrons. The van der Waals surface area contributed by atoms with Gasteiger partial charge in [0.15, 0.2) is 0 Å². The number of carbonyl (C=O) groups excluding carboxylic acids is 1. The minimum atomic E-state index is -4.38. The first-order valence-electron chi connectivity index (χ1n) is 9.23. The minimum absolute atomic E-state index is 0.101. The van der Waals surface area contributed by atoms with Crippen molar-refractivity contribution in [3.05, 3.63) is 59.4 Å². The zero-order valence-corrected chi connectivity index (χ0v) is 17.6. The molecule has 0 atom stereocenters. The van der Waals surface area contributed by atoms with Gasteiger partial charge in [0.1, 0.15) is 0 Å². The number of amides is 1. The van der Waals surface area contributed by atoms with E-state index in [1.807, 2.05) is 16.7 Å². The van der Waals surface area contributed by atoms with Crippen LogP contribution in [0.3, 0.4) is 0 Å². The molecule has 0 bridgehead atoms. The maximum Gasteiger partial charge on any atom is 0.416 e. The number of rotatable bonds is 9. The van der Waals surface area contributed by atoms with Gasteiger partial charge in [-0.05, 0) is 43.7 Å². The Morgan fingerprint density at radius 1 is 1.21 bits per heavy atom. The van der Waals surface area contributed by atoms with Crippen LogP contribution >= 0.6 is 11.6 Å². The molecule has 0 N–H and O–H groups in total. The van der Waals surface area contributed by atoms with Gasteiger partial charge in [0, 0.05) is 38.0 Å². The fourth-order valence-electron chi connectivity index (χ4n) is 2.92. The first-order valence-corrected chi connectivity index (χ1v) is 9.76. The van der Waals surface area contributed by atoms with Gasteiger partial charge in [-0.15, -0.1) is 11.6 Å². The molecule has 0 aliphatic rings. The highest BCUT2D eigenvalue weighted by Gasteiger charge is 2.32. The number of carbonyl (C=O) groups is 1. The Kier molecular flexibility index (Phi) is 7.77. The molecule has 1 amide bonds. The van der Waals surface area contributed by atoms with Crippen molar-refractivity contribution in [3.8, 4) is 0 Å². The fraction of sp³-hybridized carbons (Fsp3) is 0.476. The van der Waals surface area contributed by atoms with Gasteiger partial charge in [0.2, 0.25) is 5.91 Å². The average molecular weight is 431 g/mol. The second-order valence-electron chi connectivity index (χ2n) is 7.56. The molecule has 2 rings (SSSR count). The fourth-order valence-corrected chi connectivity index (χ4v) is 3.04. The summed E-state index contributed by atoms with van der Waals surface area (Å²) in [5.41, 5.74) is -0.0526. The SMILES string of the molecule is COCCN(Cc1cccn1Cc1cccc(C(F)(F)F)c1)C(=O)C(C)(C)CCl. The van der Waals surface area contributed by atoms with Crippen LogP contribution in [0.4, 0.5) is 13.2 Å². The molecule has 0 spiro atoms. The summed E-state index contributed by atoms with van der Waals surface area (Å²) in [7, 11) is 1.56. The molecular formula is C21H26ClF3N2O2. The number of benzene rings is 1. The molecule has 160 valence electrons. The van der Waals surface area contributed by atoms with Crippen LogP contribution in [0.5, 0.6) is 0 Å². The lowest BCUT2D eigenvalue weighted by atomic mass is 9.94. The number of ether oxygens (including phenoxy) is 1. The molecule has 0 aliphatic heterocycles. The Balaban J connectivity index is 2.22. The lowest BCUT2D eigenvalue weighted by Crippen LogP contribution is -2.43. The van der Waals surface area contributed by atoms with E-state index < -0.39 is 17.2 Å². The lowest BCUT2D eigenvalue weighted by Gasteiger charge is -2.31. The first-order chi connectivity index (χ1) is 13.6. The van der Waals surface area contributed by atoms with Crippen LogP contribution in [0.15, 0.2) is 42.6 Å². The molecule has 29 heavy (non-hydrogen) atoms. The van der Waals surface area contributed by atoms with Gasteiger partial charge < -0.3 is 14.2 Å². The second kappa shape index (κ2) is 9.67. The van der Waals surface area contributed by atoms with Gasteiger partial charge in [0.25, 0.3) is 0 Å². The molecule has 1 aromatic carbocycles. The highest BCUT2D eigenvalue weighted by molar-refractivity contribution is 6.19. The Morgan fingerprint density at radius 2 is 1.93 bits per heavy atom. The summed E-state index contributed by atoms with van der Waals surface area (Å²) in [6.45, 7) is 4.92. The summed E-state index contributed by atoms with van der Waals surface area (Å²) in [4.78, 5) is 14.6. The van der Waals surface area contributed by atoms with E-state index >= 15 is 0 Å². The van der Waals surface area contributed by atoms with Crippen LogP contribution in [0, 0.1) is 5.41 Å². The van der Waals surface area contributed by atoms with E-state index in [4.69, 9.17) is 16.3 Å². The Morgan fingerprint density at radius 3 is 2.55 bits per heavy atom. The third-order valence-corrected chi connectivity index (χ3v) is 5.32. The molecule has 1 heterocycles. The Labute approximate surface area is 174 Å². The summed E-state index contributed by atoms with van der Waals surface area (Å²) in [5, 5.41) is 0. The van der Waals surface area contributed by atoms with Crippen LogP contribution in [0.2, 0.25) is 0 Å². The summed E-state index contributed by atoms with van der Waals surface area (Å²) in [5.74, 6) is 0.0805. The number of hydrogen-bond acceptors (Lipinski definition) is 2. The number of methoxy groups -OCH3 is 1. The number of alkyl halides is 4. The molecule has 8 heteroatoms. The van der Waals surface area contributed by atoms with Crippen molar-refractivity contribution < 1.29 is 22.7 Å². The molecule has 0 unspecified atom stereocenters. The van der Waals surface area contributed by atoms with Crippen LogP contribution in [-0.2, 0) is 28.8 Å². The van der Waals surface area contributed by atoms with Crippen LogP contribution in [-0.4, -0.2) is 41.5 Å². The largest absolute Gasteiger partial charge is 0.416 e. The Hall–Kier alpha value is -1.99. The Bertz CT molecular complexity index is 818. The summed E-state index contributed by atoms with van der Waals surface area (Å²) < 4.78 is 45.9. The molecule has 4 nitrogen and oxygen atoms in total. The quantitative estimate of drug-likeness (QED) is 0.536. The molecule has 1 aromatic heterocycles. The first kappa shape index (κ1) is 23.3. The van der Waals surface area contributed by atoms with E-state index in [0.29, 0.717) is 25.3 Å². The summed E-state index contributed by atoms with van der Waals surface area (Å²) in [6, 6.07) is 8.93. The number of nitrogens with zero attached hydrogens (tertiary/aromatic N) is 2. The molecule has 0 saturated heterocycles. The van der Waals surface area contributed by atoms with Crippen molar-refractivity contribution in [3.63, 3.8) is 0 Å². The summed E-state index contributed by atoms with van der Waals surface area (Å²) in [6.07, 6.45) is -2.59. The van der Waals surface area contributed by atoms with Gasteiger partial charge in [-0.3, -0.25) is 4.79 Å². The van der Waals surface area contributed by atoms with E-state index in [-0.39, 0.29) is 18.3 Å². The van der Waals surface area contributed by atoms with E-state index in [2.05, 4.69) is 0 Å². The number of halogens is 4. The average Bonchev–Trinajstić information content (AvgIpc) is 3.10. The second-order valence-corrected chi connectivity index (χ2v) is 7.83. The van der Waals surface area contributed by atoms with E-state index in [1.165, 1.54) is 6.07 Å². The maximum atomic E-state index is 13.0. The van der Waals surface area contributed by atoms with E-state index in [0.717, 1.165) is 17.8 Å². The monoisotopic (exact) mass is 430 g/mol. The molecule has 0 aliphatic carbocycles. The highest BCUT2D eigenvalue weighted by atomic mass is 35.5. The zero-order chi connectivity index (χ0) is 21.7. The standard InChI is InChI=1S/C21H26ClF3N2O2/c1-20(2,15-22)19(28)27(10-11-29-3)14-18-8-5-9-26(18)13-16-6-4-7-17(12-16)21(23,24)25/h4-9,12H,10-11,13-15H2,1-3H3. The zero-order valence-electron chi connectivity index (χ0n) is 16.8. The summed E-state index contributed by atoms with van der Waals surface area (Å²) >= 11 is 5.96. The van der Waals surface area contributed by atoms with Gasteiger partial charge in [0.05, 0.1) is 24.1 Å². The predicted octanol–water partition coefficient (Wildman–Crippen LogP) is 4.80. The van der Waals surface area contributed by atoms with Crippen molar-refractivity contribution in [1.82, 2.24) is 9.47 Å². The third kappa shape index (κ3) is 6.24. The van der Waals surface area contributed by atoms with Crippen molar-refractivity contribution in [2.24, 2.45) is 5.41 Å². The smallest absolute Gasteiger partial charge is 0.383 e. The van der Waals surface area contributed by atoms with Gasteiger partial charge in [-0.25, -0.2) is 0 Å². The van der Waals surface area contributed by atoms with Crippen LogP contribution in [0.25, 0.3) is 0 Å². The number of hydrogen-bond donors (Lipinski definition) is 0. The molecular weight excluding hydrogens is 405 g/mol. The molecule has 2 aromatic rings. The molecule has 0 fully saturated rings. The highest BCUT2D eigenvalue weighted by Crippen LogP contribution is 2.30. The third-order valence-electron chi connectivity index (χ3n) is 4.65. The van der Waals surface area contributed by atoms with Crippen molar-refractivity contribution >= 4 is 17.5 Å². The van der Waals surface area contributed by atoms with E-state index in [9.17, 15) is 18.0 Å². The van der Waals surface area contributed by atoms with Gasteiger partial charge in [-0.2, -0.15) is 13.2 Å². The van der Waals surface area contributed by atoms with Crippen LogP contribution < -0.4 is 0 Å². The number of aromatic nitrogens is 1. The predicted molar refractivity (Wildman–Crippen MR) is 107 cm³/mol. The topological polar surface area (TPSA) is 34.5 Å². The van der Waals surface area contributed by atoms with Crippen LogP contribution in [0.1, 0.15) is 30.7 Å².